The summed E-state index contributed by atoms with van der Waals surface area (Å²) in [5, 5.41) is 0. The molecular formula is C15H26O4. The maximum atomic E-state index is 11.9. The molecule has 0 bridgehead atoms. The fourth-order valence-corrected chi connectivity index (χ4v) is 2.31. The van der Waals surface area contributed by atoms with Gasteiger partial charge in [0.2, 0.25) is 0 Å². The van der Waals surface area contributed by atoms with E-state index in [2.05, 4.69) is 0 Å². The van der Waals surface area contributed by atoms with E-state index < -0.39 is 0 Å². The minimum atomic E-state index is -0.170. The van der Waals surface area contributed by atoms with Crippen LogP contribution in [0.4, 0.5) is 0 Å². The molecule has 0 amide bonds. The van der Waals surface area contributed by atoms with Gasteiger partial charge in [0.15, 0.2) is 0 Å². The van der Waals surface area contributed by atoms with Crippen LogP contribution in [0.1, 0.15) is 53.4 Å². The number of rotatable bonds is 5. The molecule has 110 valence electrons. The summed E-state index contributed by atoms with van der Waals surface area (Å²) in [5.41, 5.74) is 0. The van der Waals surface area contributed by atoms with Crippen LogP contribution in [0.15, 0.2) is 0 Å². The topological polar surface area (TPSA) is 52.6 Å². The van der Waals surface area contributed by atoms with Gasteiger partial charge in [-0.1, -0.05) is 20.3 Å². The summed E-state index contributed by atoms with van der Waals surface area (Å²) in [6, 6.07) is 0. The molecule has 0 aliphatic heterocycles. The Bertz CT molecular complexity index is 309. The molecule has 0 heterocycles. The summed E-state index contributed by atoms with van der Waals surface area (Å²) in [4.78, 5) is 23.8. The van der Waals surface area contributed by atoms with Gasteiger partial charge in [-0.05, 0) is 39.0 Å². The van der Waals surface area contributed by atoms with E-state index in [0.29, 0.717) is 18.9 Å². The van der Waals surface area contributed by atoms with Gasteiger partial charge in [0, 0.05) is 0 Å². The summed E-state index contributed by atoms with van der Waals surface area (Å²) >= 11 is 0. The monoisotopic (exact) mass is 270 g/mol. The molecule has 0 aromatic heterocycles. The first-order valence-corrected chi connectivity index (χ1v) is 7.27. The van der Waals surface area contributed by atoms with Gasteiger partial charge in [0.05, 0.1) is 24.5 Å². The zero-order valence-corrected chi connectivity index (χ0v) is 12.5. The van der Waals surface area contributed by atoms with Crippen LogP contribution in [0, 0.1) is 17.8 Å². The van der Waals surface area contributed by atoms with Gasteiger partial charge in [0.1, 0.15) is 0 Å². The number of esters is 2. The van der Waals surface area contributed by atoms with Crippen LogP contribution in [0.3, 0.4) is 0 Å². The molecular weight excluding hydrogens is 244 g/mol. The maximum absolute atomic E-state index is 11.9. The minimum absolute atomic E-state index is 0.0965. The van der Waals surface area contributed by atoms with Crippen LogP contribution in [0.2, 0.25) is 0 Å². The third kappa shape index (κ3) is 5.62. The third-order valence-electron chi connectivity index (χ3n) is 3.25. The number of ether oxygens (including phenoxy) is 2. The second-order valence-electron chi connectivity index (χ2n) is 6.07. The number of hydrogen-bond donors (Lipinski definition) is 0. The summed E-state index contributed by atoms with van der Waals surface area (Å²) in [6.07, 6.45) is 3.00. The van der Waals surface area contributed by atoms with E-state index in [1.807, 2.05) is 27.7 Å². The molecule has 0 aromatic carbocycles. The third-order valence-corrected chi connectivity index (χ3v) is 3.25. The van der Waals surface area contributed by atoms with Crippen molar-refractivity contribution in [2.24, 2.45) is 17.8 Å². The Morgan fingerprint density at radius 2 is 1.63 bits per heavy atom. The van der Waals surface area contributed by atoms with E-state index in [1.54, 1.807) is 0 Å². The highest BCUT2D eigenvalue weighted by molar-refractivity contribution is 5.76. The normalized spacial score (nSPS) is 23.5. The van der Waals surface area contributed by atoms with E-state index >= 15 is 0 Å². The Morgan fingerprint density at radius 3 is 2.16 bits per heavy atom. The van der Waals surface area contributed by atoms with Crippen molar-refractivity contribution in [1.82, 2.24) is 0 Å². The molecule has 0 spiro atoms. The molecule has 4 nitrogen and oxygen atoms in total. The quantitative estimate of drug-likeness (QED) is 0.721. The minimum Gasteiger partial charge on any atom is -0.465 e. The number of hydrogen-bond acceptors (Lipinski definition) is 4. The van der Waals surface area contributed by atoms with Crippen LogP contribution >= 0.6 is 0 Å². The molecule has 2 unspecified atom stereocenters. The Kier molecular flexibility index (Phi) is 6.32. The Hall–Kier alpha value is -1.06. The van der Waals surface area contributed by atoms with Crippen LogP contribution < -0.4 is 0 Å². The van der Waals surface area contributed by atoms with Gasteiger partial charge >= 0.3 is 11.9 Å². The van der Waals surface area contributed by atoms with E-state index in [0.717, 1.165) is 19.3 Å². The van der Waals surface area contributed by atoms with Crippen molar-refractivity contribution in [3.63, 3.8) is 0 Å². The Balaban J connectivity index is 2.45. The van der Waals surface area contributed by atoms with Crippen molar-refractivity contribution in [2.75, 3.05) is 6.61 Å². The second kappa shape index (κ2) is 7.51. The average molecular weight is 270 g/mol. The number of carbonyl (C=O) groups excluding carboxylic acids is 2. The van der Waals surface area contributed by atoms with E-state index in [-0.39, 0.29) is 29.9 Å². The first kappa shape index (κ1) is 16.0. The highest BCUT2D eigenvalue weighted by Crippen LogP contribution is 2.31. The zero-order chi connectivity index (χ0) is 14.4. The zero-order valence-electron chi connectivity index (χ0n) is 12.5. The lowest BCUT2D eigenvalue weighted by atomic mass is 9.81. The molecule has 1 saturated carbocycles. The van der Waals surface area contributed by atoms with Gasteiger partial charge in [-0.15, -0.1) is 0 Å². The first-order chi connectivity index (χ1) is 8.90. The molecule has 4 heteroatoms. The van der Waals surface area contributed by atoms with Crippen molar-refractivity contribution < 1.29 is 19.1 Å². The molecule has 1 fully saturated rings. The number of carbonyl (C=O) groups is 2. The van der Waals surface area contributed by atoms with Crippen LogP contribution in [0.5, 0.6) is 0 Å². The average Bonchev–Trinajstić information content (AvgIpc) is 2.35. The van der Waals surface area contributed by atoms with Crippen LogP contribution in [-0.2, 0) is 19.1 Å². The summed E-state index contributed by atoms with van der Waals surface area (Å²) in [5.74, 6) is -0.272. The lowest BCUT2D eigenvalue weighted by Gasteiger charge is -2.27. The van der Waals surface area contributed by atoms with Crippen molar-refractivity contribution in [2.45, 2.75) is 59.5 Å². The van der Waals surface area contributed by atoms with Crippen molar-refractivity contribution in [3.8, 4) is 0 Å². The first-order valence-electron chi connectivity index (χ1n) is 7.27. The van der Waals surface area contributed by atoms with Crippen molar-refractivity contribution in [1.29, 1.82) is 0 Å². The largest absolute Gasteiger partial charge is 0.465 e. The summed E-state index contributed by atoms with van der Waals surface area (Å²) in [6.45, 7) is 8.16. The Morgan fingerprint density at radius 1 is 1.05 bits per heavy atom. The van der Waals surface area contributed by atoms with Crippen molar-refractivity contribution in [3.05, 3.63) is 0 Å². The summed E-state index contributed by atoms with van der Waals surface area (Å²) in [7, 11) is 0. The van der Waals surface area contributed by atoms with Gasteiger partial charge in [-0.3, -0.25) is 9.59 Å². The van der Waals surface area contributed by atoms with Crippen molar-refractivity contribution >= 4 is 11.9 Å². The Labute approximate surface area is 115 Å². The molecule has 1 rings (SSSR count). The smallest absolute Gasteiger partial charge is 0.309 e. The standard InChI is InChI=1S/C15H26O4/c1-10(2)9-18-14(16)12-6-5-7-13(8-12)15(17)19-11(3)4/h10-13H,5-9H2,1-4H3. The predicted molar refractivity (Wildman–Crippen MR) is 72.5 cm³/mol. The van der Waals surface area contributed by atoms with Crippen LogP contribution in [-0.4, -0.2) is 24.6 Å². The molecule has 0 saturated heterocycles. The van der Waals surface area contributed by atoms with Gasteiger partial charge in [0.25, 0.3) is 0 Å². The fourth-order valence-electron chi connectivity index (χ4n) is 2.31. The second-order valence-corrected chi connectivity index (χ2v) is 6.07. The van der Waals surface area contributed by atoms with Gasteiger partial charge in [-0.2, -0.15) is 0 Å². The maximum Gasteiger partial charge on any atom is 0.309 e. The van der Waals surface area contributed by atoms with Crippen LogP contribution in [0.25, 0.3) is 0 Å². The van der Waals surface area contributed by atoms with E-state index in [1.165, 1.54) is 0 Å². The highest BCUT2D eigenvalue weighted by atomic mass is 16.5. The predicted octanol–water partition coefficient (Wildman–Crippen LogP) is 2.94. The summed E-state index contributed by atoms with van der Waals surface area (Å²) < 4.78 is 10.5. The molecule has 0 aromatic rings. The molecule has 1 aliphatic carbocycles. The fraction of sp³-hybridized carbons (Fsp3) is 0.867. The molecule has 19 heavy (non-hydrogen) atoms. The van der Waals surface area contributed by atoms with E-state index in [9.17, 15) is 9.59 Å². The molecule has 2 atom stereocenters. The van der Waals surface area contributed by atoms with Gasteiger partial charge < -0.3 is 9.47 Å². The molecule has 0 N–H and O–H groups in total. The SMILES string of the molecule is CC(C)COC(=O)C1CCCC(C(=O)OC(C)C)C1. The molecule has 1 aliphatic rings. The highest BCUT2D eigenvalue weighted by Gasteiger charge is 2.33. The lowest BCUT2D eigenvalue weighted by Crippen LogP contribution is -2.31. The lowest BCUT2D eigenvalue weighted by molar-refractivity contribution is -0.157. The molecule has 0 radical (unpaired) electrons. The van der Waals surface area contributed by atoms with E-state index in [4.69, 9.17) is 9.47 Å². The van der Waals surface area contributed by atoms with Gasteiger partial charge in [-0.25, -0.2) is 0 Å².